The van der Waals surface area contributed by atoms with Crippen LogP contribution in [0.15, 0.2) is 0 Å². The summed E-state index contributed by atoms with van der Waals surface area (Å²) in [7, 11) is 0. The fraction of sp³-hybridized carbons (Fsp3) is 1.00. The second-order valence-electron chi connectivity index (χ2n) is 4.40. The molecule has 0 aromatic rings. The number of rotatable bonds is 1. The van der Waals surface area contributed by atoms with Crippen molar-refractivity contribution in [1.29, 1.82) is 0 Å². The number of hydrogen-bond donors (Lipinski definition) is 1. The number of hydrogen-bond acceptors (Lipinski definition) is 1. The van der Waals surface area contributed by atoms with E-state index in [1.54, 1.807) is 0 Å². The van der Waals surface area contributed by atoms with Crippen LogP contribution in [0.1, 0.15) is 26.2 Å². The molecule has 10 heavy (non-hydrogen) atoms. The molecule has 1 heteroatoms. The van der Waals surface area contributed by atoms with Crippen molar-refractivity contribution >= 4 is 0 Å². The first-order chi connectivity index (χ1) is 4.77. The highest BCUT2D eigenvalue weighted by molar-refractivity contribution is 5.27. The Labute approximate surface area is 61.4 Å². The molecule has 1 N–H and O–H groups in total. The Morgan fingerprint density at radius 2 is 2.40 bits per heavy atom. The normalized spacial score (nSPS) is 69.0. The summed E-state index contributed by atoms with van der Waals surface area (Å²) in [6, 6.07) is 0. The van der Waals surface area contributed by atoms with Gasteiger partial charge in [0, 0.05) is 0 Å². The van der Waals surface area contributed by atoms with Crippen molar-refractivity contribution in [2.75, 3.05) is 0 Å². The van der Waals surface area contributed by atoms with Crippen molar-refractivity contribution in [2.24, 2.45) is 23.7 Å². The molecule has 0 spiro atoms. The van der Waals surface area contributed by atoms with Gasteiger partial charge >= 0.3 is 0 Å². The van der Waals surface area contributed by atoms with Gasteiger partial charge in [0.2, 0.25) is 0 Å². The minimum absolute atomic E-state index is 0.134. The van der Waals surface area contributed by atoms with Crippen LogP contribution in [0, 0.1) is 23.7 Å². The molecule has 4 rings (SSSR count). The van der Waals surface area contributed by atoms with Crippen LogP contribution in [0.2, 0.25) is 0 Å². The molecule has 4 saturated carbocycles. The fourth-order valence-electron chi connectivity index (χ4n) is 3.88. The van der Waals surface area contributed by atoms with E-state index in [1.807, 2.05) is 0 Å². The van der Waals surface area contributed by atoms with Gasteiger partial charge in [-0.3, -0.25) is 0 Å². The molecule has 0 aliphatic heterocycles. The summed E-state index contributed by atoms with van der Waals surface area (Å²) in [6.45, 7) is 2.27. The Bertz CT molecular complexity index is 189. The summed E-state index contributed by atoms with van der Waals surface area (Å²) in [6.07, 6.45) is 3.79. The predicted octanol–water partition coefficient (Wildman–Crippen LogP) is 1.41. The standard InChI is InChI=1S/C9H14O/c1-2-6-5-3-7-8(6)9(7,10)4-5/h5-8,10H,2-4H2,1H3. The third-order valence-corrected chi connectivity index (χ3v) is 4.23. The van der Waals surface area contributed by atoms with Crippen molar-refractivity contribution in [1.82, 2.24) is 0 Å². The van der Waals surface area contributed by atoms with Gasteiger partial charge in [0.15, 0.2) is 0 Å². The van der Waals surface area contributed by atoms with Gasteiger partial charge in [-0.05, 0) is 36.5 Å². The maximum Gasteiger partial charge on any atom is 0.0716 e. The van der Waals surface area contributed by atoms with E-state index in [4.69, 9.17) is 0 Å². The van der Waals surface area contributed by atoms with E-state index < -0.39 is 0 Å². The summed E-state index contributed by atoms with van der Waals surface area (Å²) in [5.41, 5.74) is -0.134. The predicted molar refractivity (Wildman–Crippen MR) is 38.4 cm³/mol. The van der Waals surface area contributed by atoms with E-state index in [2.05, 4.69) is 6.92 Å². The van der Waals surface area contributed by atoms with Crippen molar-refractivity contribution in [3.8, 4) is 0 Å². The summed E-state index contributed by atoms with van der Waals surface area (Å²) in [5.74, 6) is 3.28. The Balaban J connectivity index is 1.98. The van der Waals surface area contributed by atoms with Gasteiger partial charge in [-0.15, -0.1) is 0 Å². The molecule has 4 aliphatic rings. The molecule has 4 fully saturated rings. The van der Waals surface area contributed by atoms with Crippen LogP contribution in [-0.4, -0.2) is 10.7 Å². The van der Waals surface area contributed by atoms with Gasteiger partial charge in [0.25, 0.3) is 0 Å². The van der Waals surface area contributed by atoms with E-state index in [-0.39, 0.29) is 5.60 Å². The highest BCUT2D eigenvalue weighted by atomic mass is 16.3. The molecule has 5 unspecified atom stereocenters. The van der Waals surface area contributed by atoms with E-state index in [0.717, 1.165) is 30.1 Å². The first-order valence-electron chi connectivity index (χ1n) is 4.49. The second kappa shape index (κ2) is 1.29. The van der Waals surface area contributed by atoms with Gasteiger partial charge in [0.05, 0.1) is 5.60 Å². The van der Waals surface area contributed by atoms with E-state index in [0.29, 0.717) is 0 Å². The van der Waals surface area contributed by atoms with Crippen LogP contribution >= 0.6 is 0 Å². The molecular weight excluding hydrogens is 124 g/mol. The molecule has 5 atom stereocenters. The molecule has 0 aromatic heterocycles. The third-order valence-electron chi connectivity index (χ3n) is 4.23. The molecule has 4 bridgehead atoms. The van der Waals surface area contributed by atoms with Crippen LogP contribution in [0.5, 0.6) is 0 Å². The molecule has 0 heterocycles. The summed E-state index contributed by atoms with van der Waals surface area (Å²) < 4.78 is 0. The molecular formula is C9H14O. The van der Waals surface area contributed by atoms with Crippen LogP contribution < -0.4 is 0 Å². The topological polar surface area (TPSA) is 20.2 Å². The zero-order valence-corrected chi connectivity index (χ0v) is 6.38. The van der Waals surface area contributed by atoms with Crippen molar-refractivity contribution in [2.45, 2.75) is 31.8 Å². The maximum atomic E-state index is 9.88. The first-order valence-corrected chi connectivity index (χ1v) is 4.49. The van der Waals surface area contributed by atoms with Gasteiger partial charge in [-0.25, -0.2) is 0 Å². The molecule has 4 aliphatic carbocycles. The Kier molecular flexibility index (Phi) is 0.722. The maximum absolute atomic E-state index is 9.88. The Morgan fingerprint density at radius 1 is 1.60 bits per heavy atom. The fourth-order valence-corrected chi connectivity index (χ4v) is 3.88. The lowest BCUT2D eigenvalue weighted by Crippen LogP contribution is -2.05. The molecule has 56 valence electrons. The minimum atomic E-state index is -0.134. The molecule has 0 amide bonds. The smallest absolute Gasteiger partial charge is 0.0716 e. The van der Waals surface area contributed by atoms with Gasteiger partial charge in [0.1, 0.15) is 0 Å². The van der Waals surface area contributed by atoms with E-state index in [1.165, 1.54) is 12.8 Å². The largest absolute Gasteiger partial charge is 0.389 e. The zero-order chi connectivity index (χ0) is 6.93. The van der Waals surface area contributed by atoms with E-state index in [9.17, 15) is 5.11 Å². The van der Waals surface area contributed by atoms with Crippen molar-refractivity contribution in [3.63, 3.8) is 0 Å². The van der Waals surface area contributed by atoms with E-state index >= 15 is 0 Å². The highest BCUT2D eigenvalue weighted by Crippen LogP contribution is 2.76. The SMILES string of the molecule is CCC1C2CC3C1C3(O)C2. The summed E-state index contributed by atoms with van der Waals surface area (Å²) in [4.78, 5) is 0. The van der Waals surface area contributed by atoms with Crippen molar-refractivity contribution in [3.05, 3.63) is 0 Å². The number of aliphatic hydroxyl groups is 1. The Morgan fingerprint density at radius 3 is 2.60 bits per heavy atom. The molecule has 0 aromatic carbocycles. The quantitative estimate of drug-likeness (QED) is 0.581. The lowest BCUT2D eigenvalue weighted by atomic mass is 9.96. The first kappa shape index (κ1) is 5.59. The second-order valence-corrected chi connectivity index (χ2v) is 4.40. The summed E-state index contributed by atoms with van der Waals surface area (Å²) in [5, 5.41) is 9.88. The third kappa shape index (κ3) is 0.355. The Hall–Kier alpha value is -0.0400. The monoisotopic (exact) mass is 138 g/mol. The van der Waals surface area contributed by atoms with Crippen LogP contribution in [0.25, 0.3) is 0 Å². The van der Waals surface area contributed by atoms with Crippen LogP contribution in [0.3, 0.4) is 0 Å². The average molecular weight is 138 g/mol. The van der Waals surface area contributed by atoms with Gasteiger partial charge < -0.3 is 5.11 Å². The van der Waals surface area contributed by atoms with Gasteiger partial charge in [-0.1, -0.05) is 13.3 Å². The van der Waals surface area contributed by atoms with Crippen LogP contribution in [0.4, 0.5) is 0 Å². The van der Waals surface area contributed by atoms with Crippen molar-refractivity contribution < 1.29 is 5.11 Å². The molecule has 0 saturated heterocycles. The summed E-state index contributed by atoms with van der Waals surface area (Å²) >= 11 is 0. The van der Waals surface area contributed by atoms with Gasteiger partial charge in [-0.2, -0.15) is 0 Å². The minimum Gasteiger partial charge on any atom is -0.389 e. The average Bonchev–Trinajstić information content (AvgIpc) is 2.39. The lowest BCUT2D eigenvalue weighted by Gasteiger charge is -2.09. The zero-order valence-electron chi connectivity index (χ0n) is 6.38. The van der Waals surface area contributed by atoms with Crippen LogP contribution in [-0.2, 0) is 0 Å². The lowest BCUT2D eigenvalue weighted by molar-refractivity contribution is 0.136. The highest BCUT2D eigenvalue weighted by Gasteiger charge is 2.77. The molecule has 0 radical (unpaired) electrons. The molecule has 1 nitrogen and oxygen atoms in total.